The minimum Gasteiger partial charge on any atom is -0.459 e. The van der Waals surface area contributed by atoms with Crippen LogP contribution >= 0.6 is 0 Å². The largest absolute Gasteiger partial charge is 0.459 e. The zero-order valence-corrected chi connectivity index (χ0v) is 14.1. The number of nitrogens with zero attached hydrogens (tertiary/aromatic N) is 1. The third-order valence-corrected chi connectivity index (χ3v) is 3.87. The average Bonchev–Trinajstić information content (AvgIpc) is 2.97. The van der Waals surface area contributed by atoms with Crippen LogP contribution in [0.5, 0.6) is 0 Å². The molecule has 124 valence electrons. The molecule has 0 radical (unpaired) electrons. The second kappa shape index (κ2) is 6.66. The standard InChI is InChI=1S/C19H21N3O2/c1-13-10-15(22(2)3)8-9-17(13)21-19(23)20-12-16-11-14-6-4-5-7-18(14)24-16/h4-11H,12H2,1-3H3,(H2,20,21,23). The molecule has 0 bridgehead atoms. The fourth-order valence-electron chi connectivity index (χ4n) is 2.52. The van der Waals surface area contributed by atoms with E-state index in [1.54, 1.807) is 0 Å². The van der Waals surface area contributed by atoms with Crippen LogP contribution in [0.25, 0.3) is 11.0 Å². The molecule has 0 fully saturated rings. The van der Waals surface area contributed by atoms with Crippen LogP contribution in [0, 0.1) is 6.92 Å². The number of fused-ring (bicyclic) bond motifs is 1. The smallest absolute Gasteiger partial charge is 0.319 e. The summed E-state index contributed by atoms with van der Waals surface area (Å²) in [6.45, 7) is 2.32. The Morgan fingerprint density at radius 3 is 2.62 bits per heavy atom. The fourth-order valence-corrected chi connectivity index (χ4v) is 2.52. The van der Waals surface area contributed by atoms with Gasteiger partial charge in [0.2, 0.25) is 0 Å². The first-order chi connectivity index (χ1) is 11.5. The molecule has 0 saturated heterocycles. The summed E-state index contributed by atoms with van der Waals surface area (Å²) < 4.78 is 5.69. The summed E-state index contributed by atoms with van der Waals surface area (Å²) in [6, 6.07) is 15.4. The summed E-state index contributed by atoms with van der Waals surface area (Å²) in [6.07, 6.45) is 0. The molecule has 0 aliphatic heterocycles. The van der Waals surface area contributed by atoms with E-state index >= 15 is 0 Å². The Labute approximate surface area is 141 Å². The Bertz CT molecular complexity index is 835. The van der Waals surface area contributed by atoms with Crippen LogP contribution in [-0.2, 0) is 6.54 Å². The second-order valence-corrected chi connectivity index (χ2v) is 5.95. The molecule has 0 saturated carbocycles. The first kappa shape index (κ1) is 15.9. The molecule has 0 atom stereocenters. The highest BCUT2D eigenvalue weighted by Gasteiger charge is 2.08. The number of carbonyl (C=O) groups excluding carboxylic acids is 1. The average molecular weight is 323 g/mol. The zero-order chi connectivity index (χ0) is 17.1. The predicted octanol–water partition coefficient (Wildman–Crippen LogP) is 4.13. The first-order valence-electron chi connectivity index (χ1n) is 7.83. The molecule has 5 heteroatoms. The van der Waals surface area contributed by atoms with Crippen LogP contribution in [0.4, 0.5) is 16.2 Å². The molecule has 0 aliphatic rings. The maximum Gasteiger partial charge on any atom is 0.319 e. The highest BCUT2D eigenvalue weighted by molar-refractivity contribution is 5.90. The number of benzene rings is 2. The molecule has 1 aromatic heterocycles. The summed E-state index contributed by atoms with van der Waals surface area (Å²) >= 11 is 0. The quantitative estimate of drug-likeness (QED) is 0.759. The molecule has 0 spiro atoms. The van der Waals surface area contributed by atoms with Gasteiger partial charge >= 0.3 is 6.03 Å². The number of para-hydroxylation sites is 1. The van der Waals surface area contributed by atoms with Crippen LogP contribution in [0.3, 0.4) is 0 Å². The van der Waals surface area contributed by atoms with E-state index in [1.165, 1.54) is 0 Å². The van der Waals surface area contributed by atoms with Crippen LogP contribution in [-0.4, -0.2) is 20.1 Å². The highest BCUT2D eigenvalue weighted by Crippen LogP contribution is 2.21. The van der Waals surface area contributed by atoms with Gasteiger partial charge in [0.05, 0.1) is 6.54 Å². The first-order valence-corrected chi connectivity index (χ1v) is 7.83. The third kappa shape index (κ3) is 3.51. The van der Waals surface area contributed by atoms with Crippen molar-refractivity contribution in [2.75, 3.05) is 24.3 Å². The van der Waals surface area contributed by atoms with E-state index in [1.807, 2.05) is 74.4 Å². The van der Waals surface area contributed by atoms with Crippen LogP contribution in [0.15, 0.2) is 52.9 Å². The van der Waals surface area contributed by atoms with E-state index in [-0.39, 0.29) is 6.03 Å². The van der Waals surface area contributed by atoms with Gasteiger partial charge in [-0.1, -0.05) is 18.2 Å². The van der Waals surface area contributed by atoms with Crippen molar-refractivity contribution in [2.45, 2.75) is 13.5 Å². The fraction of sp³-hybridized carbons (Fsp3) is 0.211. The van der Waals surface area contributed by atoms with Crippen LogP contribution in [0.1, 0.15) is 11.3 Å². The van der Waals surface area contributed by atoms with Crippen LogP contribution < -0.4 is 15.5 Å². The number of amides is 2. The van der Waals surface area contributed by atoms with Gasteiger partial charge in [-0.05, 0) is 42.8 Å². The van der Waals surface area contributed by atoms with Gasteiger partial charge in [-0.15, -0.1) is 0 Å². The summed E-state index contributed by atoms with van der Waals surface area (Å²) in [7, 11) is 3.98. The predicted molar refractivity (Wildman–Crippen MR) is 97.6 cm³/mol. The van der Waals surface area contributed by atoms with Gasteiger partial charge in [0, 0.05) is 30.9 Å². The number of furan rings is 1. The van der Waals surface area contributed by atoms with Crippen molar-refractivity contribution in [2.24, 2.45) is 0 Å². The van der Waals surface area contributed by atoms with Crippen molar-refractivity contribution in [1.29, 1.82) is 0 Å². The zero-order valence-electron chi connectivity index (χ0n) is 14.1. The third-order valence-electron chi connectivity index (χ3n) is 3.87. The van der Waals surface area contributed by atoms with Crippen molar-refractivity contribution < 1.29 is 9.21 Å². The number of hydrogen-bond donors (Lipinski definition) is 2. The van der Waals surface area contributed by atoms with Gasteiger partial charge in [0.15, 0.2) is 0 Å². The lowest BCUT2D eigenvalue weighted by molar-refractivity contribution is 0.251. The SMILES string of the molecule is Cc1cc(N(C)C)ccc1NC(=O)NCc1cc2ccccc2o1. The van der Waals surface area contributed by atoms with E-state index in [0.29, 0.717) is 6.54 Å². The Kier molecular flexibility index (Phi) is 4.42. The normalized spacial score (nSPS) is 10.6. The van der Waals surface area contributed by atoms with E-state index in [0.717, 1.165) is 33.7 Å². The molecule has 24 heavy (non-hydrogen) atoms. The topological polar surface area (TPSA) is 57.5 Å². The van der Waals surface area contributed by atoms with Crippen molar-refractivity contribution in [3.63, 3.8) is 0 Å². The monoisotopic (exact) mass is 323 g/mol. The van der Waals surface area contributed by atoms with Crippen molar-refractivity contribution in [3.8, 4) is 0 Å². The van der Waals surface area contributed by atoms with E-state index in [2.05, 4.69) is 10.6 Å². The lowest BCUT2D eigenvalue weighted by Crippen LogP contribution is -2.28. The molecular weight excluding hydrogens is 302 g/mol. The van der Waals surface area contributed by atoms with Crippen LogP contribution in [0.2, 0.25) is 0 Å². The number of carbonyl (C=O) groups is 1. The molecular formula is C19H21N3O2. The molecule has 2 amide bonds. The summed E-state index contributed by atoms with van der Waals surface area (Å²) in [5.74, 6) is 0.728. The molecule has 0 unspecified atom stereocenters. The Morgan fingerprint density at radius 2 is 1.92 bits per heavy atom. The summed E-state index contributed by atoms with van der Waals surface area (Å²) in [4.78, 5) is 14.1. The maximum absolute atomic E-state index is 12.1. The molecule has 2 aromatic carbocycles. The number of hydrogen-bond acceptors (Lipinski definition) is 3. The number of aryl methyl sites for hydroxylation is 1. The molecule has 1 heterocycles. The second-order valence-electron chi connectivity index (χ2n) is 5.95. The Hall–Kier alpha value is -2.95. The molecule has 3 rings (SSSR count). The summed E-state index contributed by atoms with van der Waals surface area (Å²) in [5.41, 5.74) is 3.73. The van der Waals surface area contributed by atoms with Gasteiger partial charge < -0.3 is 20.0 Å². The molecule has 5 nitrogen and oxygen atoms in total. The Balaban J connectivity index is 1.61. The number of anilines is 2. The van der Waals surface area contributed by atoms with E-state index in [4.69, 9.17) is 4.42 Å². The number of rotatable bonds is 4. The van der Waals surface area contributed by atoms with Gasteiger partial charge in [0.1, 0.15) is 11.3 Å². The van der Waals surface area contributed by atoms with Crippen molar-refractivity contribution >= 4 is 28.4 Å². The molecule has 3 aromatic rings. The minimum absolute atomic E-state index is 0.254. The number of nitrogens with one attached hydrogen (secondary N) is 2. The Morgan fingerprint density at radius 1 is 1.12 bits per heavy atom. The van der Waals surface area contributed by atoms with E-state index < -0.39 is 0 Å². The van der Waals surface area contributed by atoms with E-state index in [9.17, 15) is 4.79 Å². The number of urea groups is 1. The lowest BCUT2D eigenvalue weighted by atomic mass is 10.1. The van der Waals surface area contributed by atoms with Gasteiger partial charge in [-0.2, -0.15) is 0 Å². The minimum atomic E-state index is -0.254. The van der Waals surface area contributed by atoms with Gasteiger partial charge in [-0.25, -0.2) is 4.79 Å². The van der Waals surface area contributed by atoms with Gasteiger partial charge in [-0.3, -0.25) is 0 Å². The summed E-state index contributed by atoms with van der Waals surface area (Å²) in [5, 5.41) is 6.72. The molecule has 2 N–H and O–H groups in total. The van der Waals surface area contributed by atoms with Crippen molar-refractivity contribution in [3.05, 3.63) is 59.9 Å². The maximum atomic E-state index is 12.1. The van der Waals surface area contributed by atoms with Crippen molar-refractivity contribution in [1.82, 2.24) is 5.32 Å². The van der Waals surface area contributed by atoms with Gasteiger partial charge in [0.25, 0.3) is 0 Å². The lowest BCUT2D eigenvalue weighted by Gasteiger charge is -2.15. The highest BCUT2D eigenvalue weighted by atomic mass is 16.3. The molecule has 0 aliphatic carbocycles.